The van der Waals surface area contributed by atoms with Gasteiger partial charge in [0.05, 0.1) is 5.69 Å². The van der Waals surface area contributed by atoms with Crippen molar-refractivity contribution >= 4 is 35.3 Å². The molecule has 6 heteroatoms. The molecular formula is C20H23N3O2S. The topological polar surface area (TPSA) is 58.4 Å². The van der Waals surface area contributed by atoms with Crippen molar-refractivity contribution in [2.24, 2.45) is 5.92 Å². The Morgan fingerprint density at radius 3 is 2.92 bits per heavy atom. The number of furan rings is 1. The maximum absolute atomic E-state index is 12.3. The number of hydrogen-bond donors (Lipinski definition) is 1. The molecule has 0 spiro atoms. The molecule has 2 aromatic rings. The Morgan fingerprint density at radius 2 is 2.15 bits per heavy atom. The van der Waals surface area contributed by atoms with Crippen LogP contribution in [0.5, 0.6) is 0 Å². The molecule has 26 heavy (non-hydrogen) atoms. The number of hydrogen-bond acceptors (Lipinski definition) is 5. The summed E-state index contributed by atoms with van der Waals surface area (Å²) in [5.41, 5.74) is 0.751. The van der Waals surface area contributed by atoms with Crippen molar-refractivity contribution in [1.82, 2.24) is 4.98 Å². The summed E-state index contributed by atoms with van der Waals surface area (Å²) in [6.45, 7) is 4.13. The maximum atomic E-state index is 12.3. The van der Waals surface area contributed by atoms with Gasteiger partial charge in [-0.3, -0.25) is 4.79 Å². The second kappa shape index (κ2) is 7.58. The summed E-state index contributed by atoms with van der Waals surface area (Å²) in [6, 6.07) is 7.68. The Bertz CT molecular complexity index is 811. The molecule has 2 aliphatic rings. The average Bonchev–Trinajstić information content (AvgIpc) is 3.21. The second-order valence-electron chi connectivity index (χ2n) is 6.86. The maximum Gasteiger partial charge on any atom is 0.248 e. The van der Waals surface area contributed by atoms with Gasteiger partial charge in [0.25, 0.3) is 0 Å². The van der Waals surface area contributed by atoms with Gasteiger partial charge in [0, 0.05) is 42.8 Å². The van der Waals surface area contributed by atoms with Gasteiger partial charge in [-0.25, -0.2) is 4.98 Å². The summed E-state index contributed by atoms with van der Waals surface area (Å²) in [4.78, 5) is 19.0. The van der Waals surface area contributed by atoms with Crippen molar-refractivity contribution in [3.63, 3.8) is 0 Å². The van der Waals surface area contributed by atoms with Crippen molar-refractivity contribution in [2.45, 2.75) is 19.3 Å². The lowest BCUT2D eigenvalue weighted by molar-refractivity contribution is -0.111. The number of rotatable bonds is 5. The second-order valence-corrected chi connectivity index (χ2v) is 8.08. The summed E-state index contributed by atoms with van der Waals surface area (Å²) < 4.78 is 5.81. The van der Waals surface area contributed by atoms with Crippen molar-refractivity contribution in [3.05, 3.63) is 48.1 Å². The third kappa shape index (κ3) is 3.96. The molecule has 2 aromatic heterocycles. The summed E-state index contributed by atoms with van der Waals surface area (Å²) in [6.07, 6.45) is 6.20. The molecule has 1 aliphatic carbocycles. The van der Waals surface area contributed by atoms with E-state index < -0.39 is 0 Å². The first-order valence-electron chi connectivity index (χ1n) is 9.07. The molecule has 1 amide bonds. The lowest BCUT2D eigenvalue weighted by Crippen LogP contribution is -2.33. The van der Waals surface area contributed by atoms with Gasteiger partial charge in [-0.2, -0.15) is 11.8 Å². The van der Waals surface area contributed by atoms with Crippen molar-refractivity contribution in [2.75, 3.05) is 34.8 Å². The molecule has 0 aromatic carbocycles. The Kier molecular flexibility index (Phi) is 5.02. The van der Waals surface area contributed by atoms with Crippen LogP contribution in [0.4, 0.5) is 11.5 Å². The van der Waals surface area contributed by atoms with Crippen LogP contribution in [-0.4, -0.2) is 35.5 Å². The van der Waals surface area contributed by atoms with Gasteiger partial charge >= 0.3 is 0 Å². The zero-order chi connectivity index (χ0) is 17.9. The highest BCUT2D eigenvalue weighted by Gasteiger charge is 2.36. The van der Waals surface area contributed by atoms with Crippen LogP contribution in [0, 0.1) is 5.92 Å². The number of carbonyl (C=O) groups excluding carboxylic acids is 1. The van der Waals surface area contributed by atoms with Gasteiger partial charge < -0.3 is 14.6 Å². The van der Waals surface area contributed by atoms with Gasteiger partial charge in [-0.15, -0.1) is 0 Å². The molecule has 0 unspecified atom stereocenters. The summed E-state index contributed by atoms with van der Waals surface area (Å²) in [5.74, 6) is 5.84. The van der Waals surface area contributed by atoms with Gasteiger partial charge in [0.1, 0.15) is 11.5 Å². The van der Waals surface area contributed by atoms with E-state index in [1.807, 2.05) is 36.0 Å². The monoisotopic (exact) mass is 369 g/mol. The normalized spacial score (nSPS) is 22.6. The fraction of sp³-hybridized carbons (Fsp3) is 0.400. The van der Waals surface area contributed by atoms with Crippen molar-refractivity contribution in [3.8, 4) is 0 Å². The molecule has 1 saturated heterocycles. The van der Waals surface area contributed by atoms with Gasteiger partial charge in [0.15, 0.2) is 5.82 Å². The molecule has 1 aliphatic heterocycles. The number of carbonyl (C=O) groups is 1. The van der Waals surface area contributed by atoms with E-state index in [0.717, 1.165) is 41.9 Å². The first-order chi connectivity index (χ1) is 12.7. The highest BCUT2D eigenvalue weighted by Crippen LogP contribution is 2.47. The minimum atomic E-state index is -0.177. The van der Waals surface area contributed by atoms with Crippen LogP contribution >= 0.6 is 11.8 Å². The molecule has 4 rings (SSSR count). The quantitative estimate of drug-likeness (QED) is 0.807. The van der Waals surface area contributed by atoms with Crippen molar-refractivity contribution < 1.29 is 9.21 Å². The molecule has 136 valence electrons. The summed E-state index contributed by atoms with van der Waals surface area (Å²) in [5, 5.41) is 2.95. The predicted octanol–water partition coefficient (Wildman–Crippen LogP) is 4.00. The van der Waals surface area contributed by atoms with Crippen LogP contribution in [0.15, 0.2) is 41.0 Å². The standard InChI is InChI=1S/C20H23N3O2S/c1-14-13-16(14)18-6-4-15(25-18)5-7-19(24)22-17-3-2-8-21-20(17)23-9-11-26-12-10-23/h2-8,14,16H,9-13H2,1H3,(H,22,24)/b7-5-/t14-,16+/m1/s1. The number of nitrogens with one attached hydrogen (secondary N) is 1. The molecule has 1 saturated carbocycles. The minimum absolute atomic E-state index is 0.177. The fourth-order valence-corrected chi connectivity index (χ4v) is 4.13. The molecule has 3 heterocycles. The lowest BCUT2D eigenvalue weighted by atomic mass is 10.3. The van der Waals surface area contributed by atoms with Crippen LogP contribution in [0.2, 0.25) is 0 Å². The summed E-state index contributed by atoms with van der Waals surface area (Å²) >= 11 is 1.95. The van der Waals surface area contributed by atoms with E-state index in [4.69, 9.17) is 4.42 Å². The van der Waals surface area contributed by atoms with E-state index in [1.54, 1.807) is 12.3 Å². The number of amides is 1. The number of aromatic nitrogens is 1. The third-order valence-electron chi connectivity index (χ3n) is 4.88. The molecule has 0 radical (unpaired) electrons. The Morgan fingerprint density at radius 1 is 1.35 bits per heavy atom. The SMILES string of the molecule is C[C@@H]1C[C@@H]1c1ccc(/C=C\C(=O)Nc2cccnc2N2CCSCC2)o1. The number of anilines is 2. The van der Waals surface area contributed by atoms with E-state index in [0.29, 0.717) is 17.6 Å². The van der Waals surface area contributed by atoms with E-state index in [9.17, 15) is 4.79 Å². The largest absolute Gasteiger partial charge is 0.461 e. The van der Waals surface area contributed by atoms with E-state index in [2.05, 4.69) is 22.1 Å². The smallest absolute Gasteiger partial charge is 0.248 e. The summed E-state index contributed by atoms with van der Waals surface area (Å²) in [7, 11) is 0. The Hall–Kier alpha value is -2.21. The van der Waals surface area contributed by atoms with E-state index in [1.165, 1.54) is 12.5 Å². The van der Waals surface area contributed by atoms with Crippen LogP contribution in [-0.2, 0) is 4.79 Å². The molecule has 0 bridgehead atoms. The predicted molar refractivity (Wildman–Crippen MR) is 107 cm³/mol. The molecule has 5 nitrogen and oxygen atoms in total. The van der Waals surface area contributed by atoms with E-state index in [-0.39, 0.29) is 5.91 Å². The minimum Gasteiger partial charge on any atom is -0.461 e. The molecule has 1 N–H and O–H groups in total. The third-order valence-corrected chi connectivity index (χ3v) is 5.82. The Labute approximate surface area is 157 Å². The van der Waals surface area contributed by atoms with Crippen LogP contribution in [0.25, 0.3) is 6.08 Å². The highest BCUT2D eigenvalue weighted by molar-refractivity contribution is 7.99. The van der Waals surface area contributed by atoms with Crippen LogP contribution in [0.3, 0.4) is 0 Å². The van der Waals surface area contributed by atoms with E-state index >= 15 is 0 Å². The first kappa shape index (κ1) is 17.2. The number of nitrogens with zero attached hydrogens (tertiary/aromatic N) is 2. The number of pyridine rings is 1. The Balaban J connectivity index is 1.41. The van der Waals surface area contributed by atoms with Crippen LogP contribution in [0.1, 0.15) is 30.8 Å². The van der Waals surface area contributed by atoms with Gasteiger partial charge in [0.2, 0.25) is 5.91 Å². The zero-order valence-corrected chi connectivity index (χ0v) is 15.7. The molecule has 2 atom stereocenters. The van der Waals surface area contributed by atoms with Gasteiger partial charge in [-0.1, -0.05) is 6.92 Å². The average molecular weight is 369 g/mol. The lowest BCUT2D eigenvalue weighted by Gasteiger charge is -2.28. The first-order valence-corrected chi connectivity index (χ1v) is 10.2. The zero-order valence-electron chi connectivity index (χ0n) is 14.9. The van der Waals surface area contributed by atoms with Crippen molar-refractivity contribution in [1.29, 1.82) is 0 Å². The van der Waals surface area contributed by atoms with Gasteiger partial charge in [-0.05, 0) is 42.7 Å². The van der Waals surface area contributed by atoms with Crippen LogP contribution < -0.4 is 10.2 Å². The number of thioether (sulfide) groups is 1. The molecule has 2 fully saturated rings. The molecular weight excluding hydrogens is 346 g/mol. The highest BCUT2D eigenvalue weighted by atomic mass is 32.2. The fourth-order valence-electron chi connectivity index (χ4n) is 3.23.